The van der Waals surface area contributed by atoms with Crippen LogP contribution >= 0.6 is 22.7 Å². The molecule has 0 aliphatic rings. The Bertz CT molecular complexity index is 681. The second kappa shape index (κ2) is 4.55. The molecule has 0 aliphatic carbocycles. The van der Waals surface area contributed by atoms with Crippen LogP contribution in [0.1, 0.15) is 17.4 Å². The summed E-state index contributed by atoms with van der Waals surface area (Å²) in [6.07, 6.45) is 1.68. The standard InChI is InChI=1S/C12H11N3OS2/c1-2-15-8-3-5-17-10(8)7-9(15)11(16)14-12-13-4-6-18-12/h3-7H,2H2,1H3,(H,13,14,16). The first-order chi connectivity index (χ1) is 8.79. The highest BCUT2D eigenvalue weighted by Crippen LogP contribution is 2.26. The summed E-state index contributed by atoms with van der Waals surface area (Å²) in [5, 5.41) is 7.33. The van der Waals surface area contributed by atoms with E-state index < -0.39 is 0 Å². The summed E-state index contributed by atoms with van der Waals surface area (Å²) < 4.78 is 3.16. The second-order valence-electron chi connectivity index (χ2n) is 3.74. The van der Waals surface area contributed by atoms with Gasteiger partial charge in [0.1, 0.15) is 5.69 Å². The van der Waals surface area contributed by atoms with E-state index in [1.54, 1.807) is 17.5 Å². The zero-order chi connectivity index (χ0) is 12.5. The lowest BCUT2D eigenvalue weighted by Gasteiger charge is -2.06. The van der Waals surface area contributed by atoms with Gasteiger partial charge in [-0.1, -0.05) is 0 Å². The molecule has 92 valence electrons. The van der Waals surface area contributed by atoms with Gasteiger partial charge in [-0.3, -0.25) is 10.1 Å². The quantitative estimate of drug-likeness (QED) is 0.797. The maximum Gasteiger partial charge on any atom is 0.274 e. The topological polar surface area (TPSA) is 46.9 Å². The first-order valence-electron chi connectivity index (χ1n) is 5.57. The number of carbonyl (C=O) groups is 1. The predicted molar refractivity (Wildman–Crippen MR) is 75.6 cm³/mol. The van der Waals surface area contributed by atoms with Crippen LogP contribution in [0.2, 0.25) is 0 Å². The average Bonchev–Trinajstić information content (AvgIpc) is 3.03. The largest absolute Gasteiger partial charge is 0.336 e. The number of thiophene rings is 1. The van der Waals surface area contributed by atoms with Crippen molar-refractivity contribution in [1.29, 1.82) is 0 Å². The van der Waals surface area contributed by atoms with Crippen molar-refractivity contribution in [1.82, 2.24) is 9.55 Å². The zero-order valence-electron chi connectivity index (χ0n) is 9.71. The van der Waals surface area contributed by atoms with E-state index in [1.807, 2.05) is 34.4 Å². The molecule has 1 amide bonds. The summed E-state index contributed by atoms with van der Waals surface area (Å²) in [4.78, 5) is 16.3. The maximum atomic E-state index is 12.2. The summed E-state index contributed by atoms with van der Waals surface area (Å²) in [6.45, 7) is 2.82. The van der Waals surface area contributed by atoms with Crippen molar-refractivity contribution in [2.45, 2.75) is 13.5 Å². The molecule has 3 aromatic heterocycles. The number of anilines is 1. The number of carbonyl (C=O) groups excluding carboxylic acids is 1. The first kappa shape index (κ1) is 11.4. The number of nitrogens with one attached hydrogen (secondary N) is 1. The molecule has 3 rings (SSSR count). The normalized spacial score (nSPS) is 10.9. The molecule has 6 heteroatoms. The number of hydrogen-bond acceptors (Lipinski definition) is 4. The van der Waals surface area contributed by atoms with Crippen molar-refractivity contribution in [2.75, 3.05) is 5.32 Å². The molecule has 3 heterocycles. The zero-order valence-corrected chi connectivity index (χ0v) is 11.3. The molecule has 0 aliphatic heterocycles. The van der Waals surface area contributed by atoms with Crippen LogP contribution in [0.5, 0.6) is 0 Å². The van der Waals surface area contributed by atoms with Crippen molar-refractivity contribution in [3.8, 4) is 0 Å². The van der Waals surface area contributed by atoms with Gasteiger partial charge in [0.05, 0.1) is 10.2 Å². The van der Waals surface area contributed by atoms with E-state index in [4.69, 9.17) is 0 Å². The Hall–Kier alpha value is -1.66. The van der Waals surface area contributed by atoms with Crippen molar-refractivity contribution < 1.29 is 4.79 Å². The molecule has 4 nitrogen and oxygen atoms in total. The lowest BCUT2D eigenvalue weighted by Crippen LogP contribution is -2.16. The van der Waals surface area contributed by atoms with Gasteiger partial charge >= 0.3 is 0 Å². The second-order valence-corrected chi connectivity index (χ2v) is 5.58. The monoisotopic (exact) mass is 277 g/mol. The van der Waals surface area contributed by atoms with Gasteiger partial charge in [-0.25, -0.2) is 4.98 Å². The number of nitrogens with zero attached hydrogens (tertiary/aromatic N) is 2. The molecule has 18 heavy (non-hydrogen) atoms. The van der Waals surface area contributed by atoms with E-state index >= 15 is 0 Å². The molecule has 0 atom stereocenters. The van der Waals surface area contributed by atoms with Gasteiger partial charge in [-0.2, -0.15) is 0 Å². The van der Waals surface area contributed by atoms with Gasteiger partial charge in [-0.05, 0) is 24.4 Å². The number of hydrogen-bond donors (Lipinski definition) is 1. The van der Waals surface area contributed by atoms with Gasteiger partial charge in [0.15, 0.2) is 5.13 Å². The fourth-order valence-electron chi connectivity index (χ4n) is 1.95. The molecule has 0 spiro atoms. The van der Waals surface area contributed by atoms with Crippen molar-refractivity contribution in [2.24, 2.45) is 0 Å². The molecule has 0 saturated carbocycles. The highest BCUT2D eigenvalue weighted by molar-refractivity contribution is 7.17. The number of aryl methyl sites for hydroxylation is 1. The predicted octanol–water partition coefficient (Wildman–Crippen LogP) is 3.43. The van der Waals surface area contributed by atoms with Crippen LogP contribution in [0.15, 0.2) is 29.1 Å². The van der Waals surface area contributed by atoms with Crippen LogP contribution in [0.3, 0.4) is 0 Å². The number of aromatic nitrogens is 2. The van der Waals surface area contributed by atoms with Gasteiger partial charge in [0, 0.05) is 18.1 Å². The van der Waals surface area contributed by atoms with Gasteiger partial charge in [-0.15, -0.1) is 22.7 Å². The van der Waals surface area contributed by atoms with Crippen molar-refractivity contribution >= 4 is 43.9 Å². The molecule has 0 saturated heterocycles. The molecule has 0 bridgehead atoms. The summed E-state index contributed by atoms with van der Waals surface area (Å²) in [5.41, 5.74) is 1.81. The molecule has 0 unspecified atom stereocenters. The van der Waals surface area contributed by atoms with Gasteiger partial charge in [0.2, 0.25) is 0 Å². The van der Waals surface area contributed by atoms with Gasteiger partial charge < -0.3 is 4.57 Å². The molecule has 0 radical (unpaired) electrons. The summed E-state index contributed by atoms with van der Waals surface area (Å²) >= 11 is 3.07. The Kier molecular flexibility index (Phi) is 2.89. The molecular formula is C12H11N3OS2. The number of fused-ring (bicyclic) bond motifs is 1. The molecule has 0 aromatic carbocycles. The minimum absolute atomic E-state index is 0.102. The fourth-order valence-corrected chi connectivity index (χ4v) is 3.30. The van der Waals surface area contributed by atoms with Crippen LogP contribution < -0.4 is 5.32 Å². The lowest BCUT2D eigenvalue weighted by atomic mass is 10.4. The van der Waals surface area contributed by atoms with Crippen molar-refractivity contribution in [3.63, 3.8) is 0 Å². The van der Waals surface area contributed by atoms with Crippen LogP contribution in [-0.2, 0) is 6.54 Å². The third kappa shape index (κ3) is 1.83. The van der Waals surface area contributed by atoms with Crippen LogP contribution in [0.25, 0.3) is 10.2 Å². The Morgan fingerprint density at radius 1 is 1.44 bits per heavy atom. The number of amides is 1. The highest BCUT2D eigenvalue weighted by atomic mass is 32.1. The Morgan fingerprint density at radius 2 is 2.33 bits per heavy atom. The Balaban J connectivity index is 1.97. The molecule has 3 aromatic rings. The van der Waals surface area contributed by atoms with Crippen LogP contribution in [-0.4, -0.2) is 15.5 Å². The molecular weight excluding hydrogens is 266 g/mol. The van der Waals surface area contributed by atoms with E-state index in [-0.39, 0.29) is 5.91 Å². The minimum atomic E-state index is -0.102. The molecule has 0 fully saturated rings. The number of thiazole rings is 1. The fraction of sp³-hybridized carbons (Fsp3) is 0.167. The highest BCUT2D eigenvalue weighted by Gasteiger charge is 2.16. The average molecular weight is 277 g/mol. The van der Waals surface area contributed by atoms with Gasteiger partial charge in [0.25, 0.3) is 5.91 Å². The van der Waals surface area contributed by atoms with Crippen molar-refractivity contribution in [3.05, 3.63) is 34.8 Å². The maximum absolute atomic E-state index is 12.2. The SMILES string of the molecule is CCn1c(C(=O)Nc2nccs2)cc2sccc21. The smallest absolute Gasteiger partial charge is 0.274 e. The Labute approximate surface area is 112 Å². The number of rotatable bonds is 3. The minimum Gasteiger partial charge on any atom is -0.336 e. The van der Waals surface area contributed by atoms with E-state index in [2.05, 4.69) is 10.3 Å². The summed E-state index contributed by atoms with van der Waals surface area (Å²) in [6, 6.07) is 3.98. The van der Waals surface area contributed by atoms with Crippen LogP contribution in [0, 0.1) is 0 Å². The Morgan fingerprint density at radius 3 is 3.06 bits per heavy atom. The summed E-state index contributed by atoms with van der Waals surface area (Å²) in [7, 11) is 0. The van der Waals surface area contributed by atoms with E-state index in [9.17, 15) is 4.79 Å². The third-order valence-electron chi connectivity index (χ3n) is 2.72. The van der Waals surface area contributed by atoms with Crippen LogP contribution in [0.4, 0.5) is 5.13 Å². The lowest BCUT2D eigenvalue weighted by molar-refractivity contribution is 0.101. The van der Waals surface area contributed by atoms with E-state index in [0.717, 1.165) is 16.8 Å². The third-order valence-corrected chi connectivity index (χ3v) is 4.27. The van der Waals surface area contributed by atoms with E-state index in [0.29, 0.717) is 10.8 Å². The first-order valence-corrected chi connectivity index (χ1v) is 7.33. The molecule has 1 N–H and O–H groups in total. The van der Waals surface area contributed by atoms with E-state index in [1.165, 1.54) is 11.3 Å². The summed E-state index contributed by atoms with van der Waals surface area (Å²) in [5.74, 6) is -0.102.